The van der Waals surface area contributed by atoms with Gasteiger partial charge < -0.3 is 11.1 Å². The van der Waals surface area contributed by atoms with Gasteiger partial charge in [-0.25, -0.2) is 0 Å². The minimum atomic E-state index is -0.340. The molecule has 0 heterocycles. The maximum absolute atomic E-state index is 12.6. The number of rotatable bonds is 4. The summed E-state index contributed by atoms with van der Waals surface area (Å²) in [6.45, 7) is 4.60. The molecule has 0 saturated heterocycles. The molecule has 1 saturated carbocycles. The van der Waals surface area contributed by atoms with Crippen molar-refractivity contribution < 1.29 is 4.79 Å². The van der Waals surface area contributed by atoms with Crippen LogP contribution in [0, 0.1) is 12.3 Å². The standard InChI is InChI=1S/C16H24N2O/c1-3-13-8-6-7-12(2)14(13)18-15(19)16(11-17)9-4-5-10-16/h6-8H,3-5,9-11,17H2,1-2H3,(H,18,19). The number of para-hydroxylation sites is 1. The summed E-state index contributed by atoms with van der Waals surface area (Å²) in [7, 11) is 0. The van der Waals surface area contributed by atoms with Crippen LogP contribution < -0.4 is 11.1 Å². The lowest BCUT2D eigenvalue weighted by Crippen LogP contribution is -2.40. The van der Waals surface area contributed by atoms with Crippen molar-refractivity contribution in [3.8, 4) is 0 Å². The van der Waals surface area contributed by atoms with Crippen LogP contribution in [-0.2, 0) is 11.2 Å². The fourth-order valence-corrected chi connectivity index (χ4v) is 3.02. The van der Waals surface area contributed by atoms with E-state index in [1.165, 1.54) is 5.56 Å². The van der Waals surface area contributed by atoms with E-state index in [4.69, 9.17) is 5.73 Å². The molecule has 1 fully saturated rings. The predicted molar refractivity (Wildman–Crippen MR) is 79.1 cm³/mol. The van der Waals surface area contributed by atoms with Crippen LogP contribution in [0.25, 0.3) is 0 Å². The Kier molecular flexibility index (Phi) is 4.25. The highest BCUT2D eigenvalue weighted by atomic mass is 16.2. The summed E-state index contributed by atoms with van der Waals surface area (Å²) in [5.41, 5.74) is 8.83. The molecule has 1 aliphatic carbocycles. The lowest BCUT2D eigenvalue weighted by atomic mass is 9.85. The van der Waals surface area contributed by atoms with Gasteiger partial charge >= 0.3 is 0 Å². The number of hydrogen-bond acceptors (Lipinski definition) is 2. The maximum atomic E-state index is 12.6. The third kappa shape index (κ3) is 2.66. The van der Waals surface area contributed by atoms with Crippen molar-refractivity contribution in [2.75, 3.05) is 11.9 Å². The average Bonchev–Trinajstić information content (AvgIpc) is 2.91. The van der Waals surface area contributed by atoms with Crippen molar-refractivity contribution in [2.45, 2.75) is 46.0 Å². The molecule has 0 aliphatic heterocycles. The molecule has 1 amide bonds. The Balaban J connectivity index is 2.23. The SMILES string of the molecule is CCc1cccc(C)c1NC(=O)C1(CN)CCCC1. The quantitative estimate of drug-likeness (QED) is 0.874. The molecule has 3 N–H and O–H groups in total. The summed E-state index contributed by atoms with van der Waals surface area (Å²) in [5.74, 6) is 0.108. The van der Waals surface area contributed by atoms with Crippen molar-refractivity contribution in [1.29, 1.82) is 0 Å². The minimum absolute atomic E-state index is 0.108. The van der Waals surface area contributed by atoms with Crippen molar-refractivity contribution in [3.63, 3.8) is 0 Å². The van der Waals surface area contributed by atoms with Crippen LogP contribution in [0.5, 0.6) is 0 Å². The Bertz CT molecular complexity index is 462. The van der Waals surface area contributed by atoms with E-state index in [1.807, 2.05) is 19.1 Å². The Morgan fingerprint density at radius 2 is 2.05 bits per heavy atom. The Hall–Kier alpha value is -1.35. The number of aryl methyl sites for hydroxylation is 2. The van der Waals surface area contributed by atoms with Gasteiger partial charge in [0.05, 0.1) is 5.41 Å². The van der Waals surface area contributed by atoms with Gasteiger partial charge in [0.15, 0.2) is 0 Å². The van der Waals surface area contributed by atoms with E-state index in [0.29, 0.717) is 6.54 Å². The third-order valence-corrected chi connectivity index (χ3v) is 4.41. The first-order valence-electron chi connectivity index (χ1n) is 7.23. The number of nitrogens with two attached hydrogens (primary N) is 1. The fourth-order valence-electron chi connectivity index (χ4n) is 3.02. The molecule has 0 atom stereocenters. The van der Waals surface area contributed by atoms with E-state index in [-0.39, 0.29) is 11.3 Å². The largest absolute Gasteiger partial charge is 0.329 e. The first-order chi connectivity index (χ1) is 9.13. The van der Waals surface area contributed by atoms with E-state index in [2.05, 4.69) is 18.3 Å². The lowest BCUT2D eigenvalue weighted by molar-refractivity contribution is -0.124. The second-order valence-corrected chi connectivity index (χ2v) is 5.61. The zero-order valence-corrected chi connectivity index (χ0v) is 12.0. The molecular weight excluding hydrogens is 236 g/mol. The Labute approximate surface area is 115 Å². The van der Waals surface area contributed by atoms with E-state index >= 15 is 0 Å². The molecule has 0 radical (unpaired) electrons. The van der Waals surface area contributed by atoms with Gasteiger partial charge in [-0.3, -0.25) is 4.79 Å². The highest BCUT2D eigenvalue weighted by Gasteiger charge is 2.40. The number of carbonyl (C=O) groups is 1. The van der Waals surface area contributed by atoms with Gasteiger partial charge in [-0.1, -0.05) is 38.0 Å². The number of anilines is 1. The number of amides is 1. The zero-order chi connectivity index (χ0) is 13.9. The highest BCUT2D eigenvalue weighted by Crippen LogP contribution is 2.38. The molecule has 19 heavy (non-hydrogen) atoms. The van der Waals surface area contributed by atoms with Crippen LogP contribution >= 0.6 is 0 Å². The molecule has 1 aromatic rings. The molecule has 3 nitrogen and oxygen atoms in total. The van der Waals surface area contributed by atoms with E-state index in [1.54, 1.807) is 0 Å². The molecule has 0 bridgehead atoms. The summed E-state index contributed by atoms with van der Waals surface area (Å²) in [6, 6.07) is 6.16. The molecule has 0 spiro atoms. The van der Waals surface area contributed by atoms with Crippen molar-refractivity contribution in [1.82, 2.24) is 0 Å². The van der Waals surface area contributed by atoms with E-state index in [0.717, 1.165) is 43.4 Å². The number of hydrogen-bond donors (Lipinski definition) is 2. The zero-order valence-electron chi connectivity index (χ0n) is 12.0. The number of carbonyl (C=O) groups excluding carboxylic acids is 1. The van der Waals surface area contributed by atoms with Crippen molar-refractivity contribution in [2.24, 2.45) is 11.1 Å². The van der Waals surface area contributed by atoms with Crippen molar-refractivity contribution >= 4 is 11.6 Å². The molecule has 2 rings (SSSR count). The summed E-state index contributed by atoms with van der Waals surface area (Å²) in [4.78, 5) is 12.6. The van der Waals surface area contributed by atoms with Gasteiger partial charge in [0.2, 0.25) is 5.91 Å². The smallest absolute Gasteiger partial charge is 0.231 e. The van der Waals surface area contributed by atoms with Crippen molar-refractivity contribution in [3.05, 3.63) is 29.3 Å². The summed E-state index contributed by atoms with van der Waals surface area (Å²) in [5, 5.41) is 3.14. The topological polar surface area (TPSA) is 55.1 Å². The second kappa shape index (κ2) is 5.74. The molecular formula is C16H24N2O. The third-order valence-electron chi connectivity index (χ3n) is 4.41. The van der Waals surface area contributed by atoms with E-state index in [9.17, 15) is 4.79 Å². The van der Waals surface area contributed by atoms with Crippen LogP contribution in [0.2, 0.25) is 0 Å². The number of benzene rings is 1. The predicted octanol–water partition coefficient (Wildman–Crippen LogP) is 3.02. The minimum Gasteiger partial charge on any atom is -0.329 e. The second-order valence-electron chi connectivity index (χ2n) is 5.61. The van der Waals surface area contributed by atoms with Gasteiger partial charge in [-0.05, 0) is 37.3 Å². The normalized spacial score (nSPS) is 17.4. The Morgan fingerprint density at radius 3 is 2.63 bits per heavy atom. The van der Waals surface area contributed by atoms with Crippen LogP contribution in [-0.4, -0.2) is 12.5 Å². The first kappa shape index (κ1) is 14.1. The monoisotopic (exact) mass is 260 g/mol. The molecule has 3 heteroatoms. The maximum Gasteiger partial charge on any atom is 0.231 e. The highest BCUT2D eigenvalue weighted by molar-refractivity contribution is 5.97. The molecule has 1 aliphatic rings. The van der Waals surface area contributed by atoms with Gasteiger partial charge in [0.1, 0.15) is 0 Å². The molecule has 104 valence electrons. The fraction of sp³-hybridized carbons (Fsp3) is 0.562. The molecule has 0 aromatic heterocycles. The number of nitrogens with one attached hydrogen (secondary N) is 1. The molecule has 1 aromatic carbocycles. The van der Waals surface area contributed by atoms with Gasteiger partial charge in [0, 0.05) is 12.2 Å². The average molecular weight is 260 g/mol. The van der Waals surface area contributed by atoms with Gasteiger partial charge in [-0.2, -0.15) is 0 Å². The van der Waals surface area contributed by atoms with Gasteiger partial charge in [0.25, 0.3) is 0 Å². The Morgan fingerprint density at radius 1 is 1.37 bits per heavy atom. The van der Waals surface area contributed by atoms with E-state index < -0.39 is 0 Å². The van der Waals surface area contributed by atoms with Crippen LogP contribution in [0.1, 0.15) is 43.7 Å². The summed E-state index contributed by atoms with van der Waals surface area (Å²) < 4.78 is 0. The van der Waals surface area contributed by atoms with Gasteiger partial charge in [-0.15, -0.1) is 0 Å². The summed E-state index contributed by atoms with van der Waals surface area (Å²) >= 11 is 0. The molecule has 0 unspecified atom stereocenters. The van der Waals surface area contributed by atoms with Crippen LogP contribution in [0.4, 0.5) is 5.69 Å². The summed E-state index contributed by atoms with van der Waals surface area (Å²) in [6.07, 6.45) is 4.98. The first-order valence-corrected chi connectivity index (χ1v) is 7.23. The van der Waals surface area contributed by atoms with Crippen LogP contribution in [0.15, 0.2) is 18.2 Å². The lowest BCUT2D eigenvalue weighted by Gasteiger charge is -2.27. The van der Waals surface area contributed by atoms with Crippen LogP contribution in [0.3, 0.4) is 0 Å².